The molecule has 0 bridgehead atoms. The molecule has 1 aromatic heterocycles. The van der Waals surface area contributed by atoms with Crippen LogP contribution in [0.2, 0.25) is 0 Å². The number of ether oxygens (including phenoxy) is 3. The molecule has 0 spiro atoms. The molecule has 0 aliphatic rings. The Morgan fingerprint density at radius 3 is 2.24 bits per heavy atom. The van der Waals surface area contributed by atoms with Gasteiger partial charge in [-0.3, -0.25) is 4.79 Å². The van der Waals surface area contributed by atoms with Gasteiger partial charge in [0.1, 0.15) is 11.5 Å². The van der Waals surface area contributed by atoms with Crippen LogP contribution in [0.4, 0.5) is 14.7 Å². The van der Waals surface area contributed by atoms with Crippen LogP contribution >= 0.6 is 0 Å². The van der Waals surface area contributed by atoms with Crippen LogP contribution in [0.25, 0.3) is 11.8 Å². The first-order valence-corrected chi connectivity index (χ1v) is 6.90. The summed E-state index contributed by atoms with van der Waals surface area (Å²) in [6, 6.07) is 1.07. The van der Waals surface area contributed by atoms with Crippen LogP contribution in [0.3, 0.4) is 0 Å². The molecule has 1 aromatic carbocycles. The molecule has 0 radical (unpaired) electrons. The van der Waals surface area contributed by atoms with Crippen molar-refractivity contribution in [3.05, 3.63) is 40.7 Å². The highest BCUT2D eigenvalue weighted by Gasteiger charge is 2.24. The Kier molecular flexibility index (Phi) is 5.48. The van der Waals surface area contributed by atoms with E-state index in [0.29, 0.717) is 6.29 Å². The first kappa shape index (κ1) is 18.1. The molecule has 7 nitrogen and oxygen atoms in total. The van der Waals surface area contributed by atoms with E-state index in [9.17, 15) is 13.6 Å². The number of nitrogen functional groups attached to an aromatic ring is 1. The molecule has 0 fully saturated rings. The van der Waals surface area contributed by atoms with Gasteiger partial charge in [0.15, 0.2) is 29.4 Å². The van der Waals surface area contributed by atoms with Gasteiger partial charge < -0.3 is 19.9 Å². The van der Waals surface area contributed by atoms with E-state index in [0.717, 1.165) is 6.07 Å². The monoisotopic (exact) mass is 351 g/mol. The number of nitrogens with zero attached hydrogens (tertiary/aromatic N) is 2. The zero-order valence-electron chi connectivity index (χ0n) is 13.7. The number of methoxy groups -OCH3 is 3. The minimum absolute atomic E-state index is 0.0577. The molecular weight excluding hydrogens is 336 g/mol. The number of carbonyl (C=O) groups excluding carboxylic acids is 1. The van der Waals surface area contributed by atoms with Crippen molar-refractivity contribution < 1.29 is 27.8 Å². The summed E-state index contributed by atoms with van der Waals surface area (Å²) in [6.07, 6.45) is 2.89. The zero-order chi connectivity index (χ0) is 18.6. The van der Waals surface area contributed by atoms with Crippen LogP contribution in [0.5, 0.6) is 11.5 Å². The van der Waals surface area contributed by atoms with E-state index < -0.39 is 17.2 Å². The number of carbonyl (C=O) groups is 1. The SMILES string of the molecule is CO/C(=C\c1cnc(N)nc1C=O)c1c(F)c(OC)cc(OC)c1F. The lowest BCUT2D eigenvalue weighted by atomic mass is 10.1. The average Bonchev–Trinajstić information content (AvgIpc) is 2.62. The number of nitrogens with two attached hydrogens (primary N) is 1. The summed E-state index contributed by atoms with van der Waals surface area (Å²) < 4.78 is 44.0. The third-order valence-electron chi connectivity index (χ3n) is 3.30. The summed E-state index contributed by atoms with van der Waals surface area (Å²) in [5.74, 6) is -2.78. The molecular formula is C16H15F2N3O4. The van der Waals surface area contributed by atoms with Crippen molar-refractivity contribution in [2.24, 2.45) is 0 Å². The molecule has 0 aliphatic heterocycles. The van der Waals surface area contributed by atoms with Crippen LogP contribution in [0.1, 0.15) is 21.6 Å². The number of rotatable bonds is 6. The van der Waals surface area contributed by atoms with E-state index in [-0.39, 0.29) is 34.5 Å². The standard InChI is InChI=1S/C16H15F2N3O4/c1-23-10(4-8-6-20-16(19)21-9(8)7-22)13-14(17)11(24-2)5-12(25-3)15(13)18/h4-7H,1-3H3,(H2,19,20,21)/b10-4-. The van der Waals surface area contributed by atoms with Crippen molar-refractivity contribution in [3.8, 4) is 11.5 Å². The molecule has 2 rings (SSSR count). The smallest absolute Gasteiger partial charge is 0.220 e. The van der Waals surface area contributed by atoms with Gasteiger partial charge in [-0.2, -0.15) is 0 Å². The minimum atomic E-state index is -0.988. The second-order valence-electron chi connectivity index (χ2n) is 4.68. The number of aromatic nitrogens is 2. The molecule has 0 aliphatic carbocycles. The number of anilines is 1. The van der Waals surface area contributed by atoms with Gasteiger partial charge >= 0.3 is 0 Å². The van der Waals surface area contributed by atoms with E-state index >= 15 is 0 Å². The number of benzene rings is 1. The highest BCUT2D eigenvalue weighted by Crippen LogP contribution is 2.36. The second-order valence-corrected chi connectivity index (χ2v) is 4.68. The highest BCUT2D eigenvalue weighted by molar-refractivity contribution is 5.86. The lowest BCUT2D eigenvalue weighted by Crippen LogP contribution is -2.04. The molecule has 0 atom stereocenters. The molecule has 0 amide bonds. The van der Waals surface area contributed by atoms with Gasteiger partial charge in [-0.1, -0.05) is 0 Å². The third-order valence-corrected chi connectivity index (χ3v) is 3.30. The molecule has 1 heterocycles. The summed E-state index contributed by atoms with van der Waals surface area (Å²) in [4.78, 5) is 18.6. The topological polar surface area (TPSA) is 96.6 Å². The van der Waals surface area contributed by atoms with Crippen LogP contribution in [-0.2, 0) is 4.74 Å². The fraction of sp³-hybridized carbons (Fsp3) is 0.188. The predicted molar refractivity (Wildman–Crippen MR) is 86.2 cm³/mol. The molecule has 9 heteroatoms. The second kappa shape index (κ2) is 7.56. The summed E-state index contributed by atoms with van der Waals surface area (Å²) in [5.41, 5.74) is 5.00. The lowest BCUT2D eigenvalue weighted by molar-refractivity contribution is 0.111. The van der Waals surface area contributed by atoms with Crippen molar-refractivity contribution in [1.82, 2.24) is 9.97 Å². The molecule has 25 heavy (non-hydrogen) atoms. The Morgan fingerprint density at radius 1 is 1.16 bits per heavy atom. The lowest BCUT2D eigenvalue weighted by Gasteiger charge is -2.14. The van der Waals surface area contributed by atoms with Crippen LogP contribution in [0, 0.1) is 11.6 Å². The normalized spacial score (nSPS) is 11.2. The molecule has 2 N–H and O–H groups in total. The summed E-state index contributed by atoms with van der Waals surface area (Å²) in [7, 11) is 3.68. The first-order valence-electron chi connectivity index (χ1n) is 6.90. The van der Waals surface area contributed by atoms with Crippen molar-refractivity contribution in [1.29, 1.82) is 0 Å². The van der Waals surface area contributed by atoms with E-state index in [1.165, 1.54) is 33.6 Å². The Hall–Kier alpha value is -3.23. The quantitative estimate of drug-likeness (QED) is 0.630. The van der Waals surface area contributed by atoms with Crippen LogP contribution < -0.4 is 15.2 Å². The van der Waals surface area contributed by atoms with Gasteiger partial charge in [-0.15, -0.1) is 0 Å². The Bertz CT molecular complexity index is 812. The van der Waals surface area contributed by atoms with E-state index in [1.54, 1.807) is 0 Å². The number of aldehydes is 1. The Morgan fingerprint density at radius 2 is 1.76 bits per heavy atom. The highest BCUT2D eigenvalue weighted by atomic mass is 19.1. The van der Waals surface area contributed by atoms with Gasteiger partial charge in [0.05, 0.1) is 26.9 Å². The molecule has 0 unspecified atom stereocenters. The van der Waals surface area contributed by atoms with Crippen molar-refractivity contribution in [3.63, 3.8) is 0 Å². The number of halogens is 2. The molecule has 2 aromatic rings. The Labute approximate surface area is 142 Å². The van der Waals surface area contributed by atoms with Crippen molar-refractivity contribution >= 4 is 24.1 Å². The molecule has 0 saturated carbocycles. The van der Waals surface area contributed by atoms with E-state index in [1.807, 2.05) is 0 Å². The summed E-state index contributed by atoms with van der Waals surface area (Å²) in [6.45, 7) is 0. The maximum Gasteiger partial charge on any atom is 0.220 e. The van der Waals surface area contributed by atoms with Gasteiger partial charge in [0, 0.05) is 17.8 Å². The van der Waals surface area contributed by atoms with E-state index in [4.69, 9.17) is 19.9 Å². The predicted octanol–water partition coefficient (Wildman–Crippen LogP) is 2.31. The average molecular weight is 351 g/mol. The fourth-order valence-electron chi connectivity index (χ4n) is 2.10. The minimum Gasteiger partial charge on any atom is -0.496 e. The number of hydrogen-bond donors (Lipinski definition) is 1. The fourth-order valence-corrected chi connectivity index (χ4v) is 2.10. The van der Waals surface area contributed by atoms with Gasteiger partial charge in [0.2, 0.25) is 5.95 Å². The maximum absolute atomic E-state index is 14.6. The van der Waals surface area contributed by atoms with Crippen molar-refractivity contribution in [2.45, 2.75) is 0 Å². The Balaban J connectivity index is 2.72. The van der Waals surface area contributed by atoms with Gasteiger partial charge in [-0.05, 0) is 6.08 Å². The zero-order valence-corrected chi connectivity index (χ0v) is 13.7. The molecule has 0 saturated heterocycles. The number of hydrogen-bond acceptors (Lipinski definition) is 7. The third kappa shape index (κ3) is 3.49. The molecule has 132 valence electrons. The van der Waals surface area contributed by atoms with Crippen molar-refractivity contribution in [2.75, 3.05) is 27.1 Å². The largest absolute Gasteiger partial charge is 0.496 e. The first-order chi connectivity index (χ1) is 12.0. The van der Waals surface area contributed by atoms with E-state index in [2.05, 4.69) is 9.97 Å². The van der Waals surface area contributed by atoms with Crippen LogP contribution in [0.15, 0.2) is 12.3 Å². The van der Waals surface area contributed by atoms with Gasteiger partial charge in [0.25, 0.3) is 0 Å². The summed E-state index contributed by atoms with van der Waals surface area (Å²) >= 11 is 0. The maximum atomic E-state index is 14.6. The van der Waals surface area contributed by atoms with Gasteiger partial charge in [-0.25, -0.2) is 18.7 Å². The van der Waals surface area contributed by atoms with Crippen LogP contribution in [-0.4, -0.2) is 37.6 Å². The summed E-state index contributed by atoms with van der Waals surface area (Å²) in [5, 5.41) is 0.